The first kappa shape index (κ1) is 16.0. The monoisotopic (exact) mass is 337 g/mol. The average molecular weight is 338 g/mol. The van der Waals surface area contributed by atoms with Crippen LogP contribution in [0.15, 0.2) is 30.6 Å². The van der Waals surface area contributed by atoms with E-state index in [4.69, 9.17) is 16.3 Å². The summed E-state index contributed by atoms with van der Waals surface area (Å²) in [5.74, 6) is -0.0949. The van der Waals surface area contributed by atoms with E-state index >= 15 is 0 Å². The topological polar surface area (TPSA) is 67.0 Å². The smallest absolute Gasteiger partial charge is 0.226 e. The van der Waals surface area contributed by atoms with Crippen LogP contribution in [0.3, 0.4) is 0 Å². The van der Waals surface area contributed by atoms with E-state index in [1.165, 1.54) is 12.1 Å². The van der Waals surface area contributed by atoms with Crippen molar-refractivity contribution in [1.29, 1.82) is 0 Å². The number of halogens is 2. The number of aromatic amines is 1. The van der Waals surface area contributed by atoms with Crippen LogP contribution in [0.2, 0.25) is 5.02 Å². The minimum Gasteiger partial charge on any atom is -0.373 e. The number of imidazole rings is 1. The van der Waals surface area contributed by atoms with Crippen LogP contribution in [0.25, 0.3) is 0 Å². The molecule has 7 heteroatoms. The predicted octanol–water partition coefficient (Wildman–Crippen LogP) is 2.64. The van der Waals surface area contributed by atoms with Crippen LogP contribution in [-0.4, -0.2) is 29.0 Å². The number of ether oxygens (including phenoxy) is 1. The molecule has 2 heterocycles. The van der Waals surface area contributed by atoms with Crippen molar-refractivity contribution in [2.45, 2.75) is 18.9 Å². The fraction of sp³-hybridized carbons (Fsp3) is 0.375. The summed E-state index contributed by atoms with van der Waals surface area (Å²) in [7, 11) is 0. The molecule has 0 spiro atoms. The molecule has 122 valence electrons. The highest BCUT2D eigenvalue weighted by Crippen LogP contribution is 2.35. The van der Waals surface area contributed by atoms with Crippen molar-refractivity contribution in [3.63, 3.8) is 0 Å². The van der Waals surface area contributed by atoms with Gasteiger partial charge in [-0.05, 0) is 24.1 Å². The van der Waals surface area contributed by atoms with E-state index < -0.39 is 11.9 Å². The summed E-state index contributed by atoms with van der Waals surface area (Å²) < 4.78 is 19.3. The lowest BCUT2D eigenvalue weighted by molar-refractivity contribution is -0.126. The SMILES string of the molecule is O=C(NCCc1ncc[nH]1)[C@@H]1CCO[C@H]1c1ccc(Cl)c(F)c1. The van der Waals surface area contributed by atoms with Crippen molar-refractivity contribution in [3.8, 4) is 0 Å². The maximum absolute atomic E-state index is 13.6. The van der Waals surface area contributed by atoms with Gasteiger partial charge in [-0.2, -0.15) is 0 Å². The van der Waals surface area contributed by atoms with Crippen LogP contribution >= 0.6 is 11.6 Å². The van der Waals surface area contributed by atoms with Gasteiger partial charge in [-0.1, -0.05) is 17.7 Å². The number of H-pyrrole nitrogens is 1. The second kappa shape index (κ2) is 7.10. The Hall–Kier alpha value is -1.92. The van der Waals surface area contributed by atoms with Crippen LogP contribution < -0.4 is 5.32 Å². The van der Waals surface area contributed by atoms with Gasteiger partial charge < -0.3 is 15.0 Å². The number of nitrogens with zero attached hydrogens (tertiary/aromatic N) is 1. The molecule has 0 unspecified atom stereocenters. The first-order chi connectivity index (χ1) is 11.1. The number of hydrogen-bond donors (Lipinski definition) is 2. The van der Waals surface area contributed by atoms with Gasteiger partial charge in [0.1, 0.15) is 11.6 Å². The second-order valence-electron chi connectivity index (χ2n) is 5.44. The lowest BCUT2D eigenvalue weighted by Crippen LogP contribution is -2.33. The van der Waals surface area contributed by atoms with Crippen molar-refractivity contribution < 1.29 is 13.9 Å². The third kappa shape index (κ3) is 3.71. The summed E-state index contributed by atoms with van der Waals surface area (Å²) in [6.45, 7) is 0.968. The first-order valence-corrected chi connectivity index (χ1v) is 7.85. The lowest BCUT2D eigenvalue weighted by atomic mass is 9.94. The van der Waals surface area contributed by atoms with Gasteiger partial charge in [0.25, 0.3) is 0 Å². The molecule has 0 saturated carbocycles. The van der Waals surface area contributed by atoms with Crippen LogP contribution in [-0.2, 0) is 16.0 Å². The second-order valence-corrected chi connectivity index (χ2v) is 5.84. The summed E-state index contributed by atoms with van der Waals surface area (Å²) in [4.78, 5) is 19.5. The third-order valence-corrected chi connectivity index (χ3v) is 4.22. The van der Waals surface area contributed by atoms with Gasteiger partial charge in [0, 0.05) is 32.0 Å². The Balaban J connectivity index is 1.61. The maximum Gasteiger partial charge on any atom is 0.226 e. The molecule has 3 rings (SSSR count). The Bertz CT molecular complexity index is 678. The normalized spacial score (nSPS) is 20.6. The van der Waals surface area contributed by atoms with Gasteiger partial charge in [-0.25, -0.2) is 9.37 Å². The maximum atomic E-state index is 13.6. The van der Waals surface area contributed by atoms with E-state index in [1.807, 2.05) is 0 Å². The molecule has 1 aliphatic rings. The van der Waals surface area contributed by atoms with Gasteiger partial charge >= 0.3 is 0 Å². The molecule has 0 radical (unpaired) electrons. The van der Waals surface area contributed by atoms with Crippen LogP contribution in [0.4, 0.5) is 4.39 Å². The predicted molar refractivity (Wildman–Crippen MR) is 83.5 cm³/mol. The Kier molecular flexibility index (Phi) is 4.93. The van der Waals surface area contributed by atoms with Crippen molar-refractivity contribution >= 4 is 17.5 Å². The number of amides is 1. The summed E-state index contributed by atoms with van der Waals surface area (Å²) in [6.07, 6.45) is 4.22. The van der Waals surface area contributed by atoms with E-state index in [0.29, 0.717) is 31.6 Å². The quantitative estimate of drug-likeness (QED) is 0.881. The van der Waals surface area contributed by atoms with Crippen LogP contribution in [0, 0.1) is 11.7 Å². The van der Waals surface area contributed by atoms with E-state index in [1.54, 1.807) is 18.5 Å². The van der Waals surface area contributed by atoms with E-state index in [0.717, 1.165) is 5.82 Å². The molecular formula is C16H17ClFN3O2. The summed E-state index contributed by atoms with van der Waals surface area (Å²) in [6, 6.07) is 4.52. The number of hydrogen-bond acceptors (Lipinski definition) is 3. The molecular weight excluding hydrogens is 321 g/mol. The van der Waals surface area contributed by atoms with Crippen molar-refractivity contribution in [3.05, 3.63) is 52.8 Å². The molecule has 1 amide bonds. The molecule has 1 aromatic heterocycles. The molecule has 1 fully saturated rings. The van der Waals surface area contributed by atoms with Gasteiger partial charge in [0.15, 0.2) is 0 Å². The Morgan fingerprint density at radius 2 is 2.39 bits per heavy atom. The lowest BCUT2D eigenvalue weighted by Gasteiger charge is -2.18. The summed E-state index contributed by atoms with van der Waals surface area (Å²) in [5.41, 5.74) is 0.635. The van der Waals surface area contributed by atoms with Gasteiger partial charge in [-0.3, -0.25) is 4.79 Å². The minimum atomic E-state index is -0.503. The molecule has 5 nitrogen and oxygen atoms in total. The number of aromatic nitrogens is 2. The van der Waals surface area contributed by atoms with E-state index in [-0.39, 0.29) is 16.8 Å². The van der Waals surface area contributed by atoms with Gasteiger partial charge in [0.05, 0.1) is 17.0 Å². The fourth-order valence-corrected chi connectivity index (χ4v) is 2.86. The zero-order chi connectivity index (χ0) is 16.2. The van der Waals surface area contributed by atoms with Gasteiger partial charge in [0.2, 0.25) is 5.91 Å². The molecule has 1 aliphatic heterocycles. The largest absolute Gasteiger partial charge is 0.373 e. The van der Waals surface area contributed by atoms with E-state index in [2.05, 4.69) is 15.3 Å². The third-order valence-electron chi connectivity index (χ3n) is 3.92. The number of benzene rings is 1. The Morgan fingerprint density at radius 1 is 1.52 bits per heavy atom. The molecule has 2 aromatic rings. The minimum absolute atomic E-state index is 0.0613. The first-order valence-electron chi connectivity index (χ1n) is 7.47. The molecule has 1 saturated heterocycles. The van der Waals surface area contributed by atoms with Crippen LogP contribution in [0.1, 0.15) is 23.9 Å². The van der Waals surface area contributed by atoms with Crippen molar-refractivity contribution in [2.24, 2.45) is 5.92 Å². The Morgan fingerprint density at radius 3 is 3.13 bits per heavy atom. The molecule has 2 atom stereocenters. The number of nitrogens with one attached hydrogen (secondary N) is 2. The molecule has 1 aromatic carbocycles. The summed E-state index contributed by atoms with van der Waals surface area (Å²) >= 11 is 5.70. The van der Waals surface area contributed by atoms with Crippen molar-refractivity contribution in [1.82, 2.24) is 15.3 Å². The number of carbonyl (C=O) groups excluding carboxylic acids is 1. The van der Waals surface area contributed by atoms with E-state index in [9.17, 15) is 9.18 Å². The number of carbonyl (C=O) groups is 1. The highest BCUT2D eigenvalue weighted by atomic mass is 35.5. The summed E-state index contributed by atoms with van der Waals surface area (Å²) in [5, 5.41) is 2.95. The molecule has 0 bridgehead atoms. The average Bonchev–Trinajstić information content (AvgIpc) is 3.21. The molecule has 0 aliphatic carbocycles. The van der Waals surface area contributed by atoms with Gasteiger partial charge in [-0.15, -0.1) is 0 Å². The number of rotatable bonds is 5. The highest BCUT2D eigenvalue weighted by molar-refractivity contribution is 6.30. The van der Waals surface area contributed by atoms with Crippen molar-refractivity contribution in [2.75, 3.05) is 13.2 Å². The highest BCUT2D eigenvalue weighted by Gasteiger charge is 2.35. The fourth-order valence-electron chi connectivity index (χ4n) is 2.75. The standard InChI is InChI=1S/C16H17ClFN3O2/c17-12-2-1-10(9-13(12)18)15-11(4-8-23-15)16(22)21-5-3-14-19-6-7-20-14/h1-2,6-7,9,11,15H,3-5,8H2,(H,19,20)(H,21,22)/t11-,15+/m1/s1. The molecule has 23 heavy (non-hydrogen) atoms. The Labute approximate surface area is 138 Å². The van der Waals surface area contributed by atoms with Crippen LogP contribution in [0.5, 0.6) is 0 Å². The zero-order valence-electron chi connectivity index (χ0n) is 12.4. The zero-order valence-corrected chi connectivity index (χ0v) is 13.1. The molecule has 2 N–H and O–H groups in total.